The first kappa shape index (κ1) is 18.3. The first-order valence-electron chi connectivity index (χ1n) is 7.94. The number of amides is 1. The number of benzene rings is 2. The molecule has 0 aliphatic carbocycles. The van der Waals surface area contributed by atoms with Crippen molar-refractivity contribution in [1.29, 1.82) is 0 Å². The topological polar surface area (TPSA) is 85.4 Å². The molecule has 1 aromatic heterocycles. The van der Waals surface area contributed by atoms with Gasteiger partial charge >= 0.3 is 0 Å². The van der Waals surface area contributed by atoms with E-state index < -0.39 is 9.84 Å². The molecule has 1 heterocycles. The van der Waals surface area contributed by atoms with Gasteiger partial charge < -0.3 is 10.1 Å². The lowest BCUT2D eigenvalue weighted by molar-refractivity contribution is -0.115. The molecule has 0 saturated carbocycles. The number of thiazole rings is 1. The van der Waals surface area contributed by atoms with Crippen molar-refractivity contribution in [2.24, 2.45) is 0 Å². The highest BCUT2D eigenvalue weighted by atomic mass is 32.2. The van der Waals surface area contributed by atoms with Crippen LogP contribution in [-0.2, 0) is 20.4 Å². The van der Waals surface area contributed by atoms with E-state index in [2.05, 4.69) is 10.3 Å². The Labute approximate surface area is 155 Å². The Balaban J connectivity index is 1.58. The summed E-state index contributed by atoms with van der Waals surface area (Å²) in [4.78, 5) is 16.4. The van der Waals surface area contributed by atoms with Gasteiger partial charge in [-0.05, 0) is 23.8 Å². The molecule has 0 spiro atoms. The Morgan fingerprint density at radius 1 is 1.19 bits per heavy atom. The zero-order chi connectivity index (χ0) is 18.6. The highest BCUT2D eigenvalue weighted by molar-refractivity contribution is 7.90. The van der Waals surface area contributed by atoms with Gasteiger partial charge in [-0.15, -0.1) is 0 Å². The Kier molecular flexibility index (Phi) is 5.53. The van der Waals surface area contributed by atoms with E-state index in [0.717, 1.165) is 10.2 Å². The summed E-state index contributed by atoms with van der Waals surface area (Å²) >= 11 is 1.32. The molecule has 8 heteroatoms. The van der Waals surface area contributed by atoms with Crippen LogP contribution in [0.2, 0.25) is 0 Å². The molecule has 0 atom stereocenters. The third kappa shape index (κ3) is 4.80. The van der Waals surface area contributed by atoms with E-state index in [4.69, 9.17) is 4.74 Å². The van der Waals surface area contributed by atoms with Crippen molar-refractivity contribution >= 4 is 42.4 Å². The molecule has 1 N–H and O–H groups in total. The second kappa shape index (κ2) is 7.84. The summed E-state index contributed by atoms with van der Waals surface area (Å²) in [5, 5.41) is 3.11. The Morgan fingerprint density at radius 3 is 2.69 bits per heavy atom. The zero-order valence-corrected chi connectivity index (χ0v) is 15.8. The summed E-state index contributed by atoms with van der Waals surface area (Å²) in [6.45, 7) is 0. The number of aromatic nitrogens is 1. The average Bonchev–Trinajstić information content (AvgIpc) is 3.01. The third-order valence-corrected chi connectivity index (χ3v) is 6.24. The number of carbonyl (C=O) groups excluding carboxylic acids is 1. The highest BCUT2D eigenvalue weighted by Crippen LogP contribution is 2.29. The Hall–Kier alpha value is -2.45. The molecule has 2 aromatic carbocycles. The summed E-state index contributed by atoms with van der Waals surface area (Å²) in [6.07, 6.45) is -0.103. The maximum atomic E-state index is 12.2. The lowest BCUT2D eigenvalue weighted by Crippen LogP contribution is -2.18. The minimum Gasteiger partial charge on any atom is -0.497 e. The molecular weight excluding hydrogens is 372 g/mol. The molecule has 0 fully saturated rings. The predicted octanol–water partition coefficient (Wildman–Crippen LogP) is 3.25. The van der Waals surface area contributed by atoms with Gasteiger partial charge in [-0.3, -0.25) is 4.79 Å². The number of sulfone groups is 1. The molecule has 0 saturated heterocycles. The molecule has 6 nitrogen and oxygen atoms in total. The van der Waals surface area contributed by atoms with Crippen LogP contribution >= 0.6 is 11.3 Å². The van der Waals surface area contributed by atoms with Gasteiger partial charge in [0.1, 0.15) is 5.75 Å². The smallest absolute Gasteiger partial charge is 0.227 e. The number of fused-ring (bicyclic) bond motifs is 1. The Morgan fingerprint density at radius 2 is 1.96 bits per heavy atom. The maximum absolute atomic E-state index is 12.2. The van der Waals surface area contributed by atoms with E-state index in [1.807, 2.05) is 18.2 Å². The highest BCUT2D eigenvalue weighted by Gasteiger charge is 2.15. The van der Waals surface area contributed by atoms with Crippen molar-refractivity contribution in [2.75, 3.05) is 18.2 Å². The zero-order valence-electron chi connectivity index (χ0n) is 14.1. The van der Waals surface area contributed by atoms with E-state index in [0.29, 0.717) is 16.4 Å². The van der Waals surface area contributed by atoms with Crippen molar-refractivity contribution in [3.8, 4) is 5.75 Å². The summed E-state index contributed by atoms with van der Waals surface area (Å²) in [5.41, 5.74) is 1.47. The van der Waals surface area contributed by atoms with Gasteiger partial charge in [-0.25, -0.2) is 13.4 Å². The molecule has 0 aliphatic heterocycles. The number of hydrogen-bond acceptors (Lipinski definition) is 6. The fourth-order valence-corrected chi connectivity index (χ4v) is 4.67. The van der Waals surface area contributed by atoms with Crippen molar-refractivity contribution < 1.29 is 17.9 Å². The molecule has 3 rings (SSSR count). The average molecular weight is 390 g/mol. The van der Waals surface area contributed by atoms with Crippen molar-refractivity contribution in [2.45, 2.75) is 12.2 Å². The van der Waals surface area contributed by atoms with Crippen LogP contribution in [0.1, 0.15) is 12.0 Å². The number of rotatable bonds is 7. The molecule has 0 bridgehead atoms. The SMILES string of the molecule is COc1ccc2nc(NC(=O)CCS(=O)(=O)Cc3ccccc3)sc2c1. The summed E-state index contributed by atoms with van der Waals surface area (Å²) in [6, 6.07) is 14.4. The molecule has 0 radical (unpaired) electrons. The number of carbonyl (C=O) groups is 1. The van der Waals surface area contributed by atoms with E-state index >= 15 is 0 Å². The second-order valence-corrected chi connectivity index (χ2v) is 8.94. The molecular formula is C18H18N2O4S2. The second-order valence-electron chi connectivity index (χ2n) is 5.73. The fraction of sp³-hybridized carbons (Fsp3) is 0.222. The van der Waals surface area contributed by atoms with E-state index in [1.54, 1.807) is 37.4 Å². The maximum Gasteiger partial charge on any atom is 0.227 e. The van der Waals surface area contributed by atoms with Crippen LogP contribution in [0.5, 0.6) is 5.75 Å². The van der Waals surface area contributed by atoms with E-state index in [1.165, 1.54) is 11.3 Å². The molecule has 26 heavy (non-hydrogen) atoms. The summed E-state index contributed by atoms with van der Waals surface area (Å²) < 4.78 is 30.4. The monoisotopic (exact) mass is 390 g/mol. The number of nitrogens with one attached hydrogen (secondary N) is 1. The standard InChI is InChI=1S/C18H18N2O4S2/c1-24-14-7-8-15-16(11-14)25-18(19-15)20-17(21)9-10-26(22,23)12-13-5-3-2-4-6-13/h2-8,11H,9-10,12H2,1H3,(H,19,20,21). The fourth-order valence-electron chi connectivity index (χ4n) is 2.42. The van der Waals surface area contributed by atoms with Crippen LogP contribution < -0.4 is 10.1 Å². The van der Waals surface area contributed by atoms with Gasteiger partial charge in [-0.1, -0.05) is 41.7 Å². The van der Waals surface area contributed by atoms with E-state index in [9.17, 15) is 13.2 Å². The lowest BCUT2D eigenvalue weighted by atomic mass is 10.2. The molecule has 1 amide bonds. The van der Waals surface area contributed by atoms with Crippen LogP contribution in [-0.4, -0.2) is 32.2 Å². The first-order valence-corrected chi connectivity index (χ1v) is 10.6. The quantitative estimate of drug-likeness (QED) is 0.669. The number of nitrogens with zero attached hydrogens (tertiary/aromatic N) is 1. The number of hydrogen-bond donors (Lipinski definition) is 1. The predicted molar refractivity (Wildman–Crippen MR) is 103 cm³/mol. The van der Waals surface area contributed by atoms with Gasteiger partial charge in [0, 0.05) is 6.42 Å². The van der Waals surface area contributed by atoms with Crippen LogP contribution in [0.4, 0.5) is 5.13 Å². The van der Waals surface area contributed by atoms with Crippen LogP contribution in [0.3, 0.4) is 0 Å². The van der Waals surface area contributed by atoms with Crippen LogP contribution in [0, 0.1) is 0 Å². The molecule has 3 aromatic rings. The first-order chi connectivity index (χ1) is 12.4. The van der Waals surface area contributed by atoms with Gasteiger partial charge in [0.2, 0.25) is 5.91 Å². The van der Waals surface area contributed by atoms with Gasteiger partial charge in [0.15, 0.2) is 15.0 Å². The number of anilines is 1. The van der Waals surface area contributed by atoms with Crippen LogP contribution in [0.25, 0.3) is 10.2 Å². The van der Waals surface area contributed by atoms with Crippen molar-refractivity contribution in [3.63, 3.8) is 0 Å². The van der Waals surface area contributed by atoms with E-state index in [-0.39, 0.29) is 23.8 Å². The minimum atomic E-state index is -3.35. The number of methoxy groups -OCH3 is 1. The number of ether oxygens (including phenoxy) is 1. The van der Waals surface area contributed by atoms with Gasteiger partial charge in [-0.2, -0.15) is 0 Å². The summed E-state index contributed by atoms with van der Waals surface area (Å²) in [7, 11) is -1.77. The Bertz CT molecular complexity index is 1010. The van der Waals surface area contributed by atoms with Crippen molar-refractivity contribution in [3.05, 3.63) is 54.1 Å². The van der Waals surface area contributed by atoms with Crippen LogP contribution in [0.15, 0.2) is 48.5 Å². The lowest BCUT2D eigenvalue weighted by Gasteiger charge is -2.04. The molecule has 136 valence electrons. The third-order valence-electron chi connectivity index (χ3n) is 3.71. The largest absolute Gasteiger partial charge is 0.497 e. The normalized spacial score (nSPS) is 11.4. The van der Waals surface area contributed by atoms with Crippen molar-refractivity contribution in [1.82, 2.24) is 4.98 Å². The van der Waals surface area contributed by atoms with Gasteiger partial charge in [0.05, 0.1) is 28.8 Å². The minimum absolute atomic E-state index is 0.0674. The summed E-state index contributed by atoms with van der Waals surface area (Å²) in [5.74, 6) is 0.0767. The molecule has 0 unspecified atom stereocenters. The van der Waals surface area contributed by atoms with Gasteiger partial charge in [0.25, 0.3) is 0 Å². The molecule has 0 aliphatic rings.